The van der Waals surface area contributed by atoms with Crippen LogP contribution < -0.4 is 5.32 Å². The van der Waals surface area contributed by atoms with Crippen LogP contribution >= 0.6 is 11.3 Å². The molecule has 1 unspecified atom stereocenters. The van der Waals surface area contributed by atoms with Gasteiger partial charge >= 0.3 is 0 Å². The normalized spacial score (nSPS) is 13.1. The second-order valence-corrected chi connectivity index (χ2v) is 5.31. The highest BCUT2D eigenvalue weighted by Gasteiger charge is 1.99. The van der Waals surface area contributed by atoms with E-state index in [0.29, 0.717) is 0 Å². The van der Waals surface area contributed by atoms with Crippen molar-refractivity contribution in [1.82, 2.24) is 10.3 Å². The van der Waals surface area contributed by atoms with E-state index in [1.54, 1.807) is 17.6 Å². The summed E-state index contributed by atoms with van der Waals surface area (Å²) < 4.78 is 10.7. The van der Waals surface area contributed by atoms with Crippen LogP contribution in [-0.2, 0) is 17.3 Å². The van der Waals surface area contributed by atoms with Gasteiger partial charge in [0, 0.05) is 40.8 Å². The third kappa shape index (κ3) is 3.97. The fourth-order valence-electron chi connectivity index (χ4n) is 0.914. The number of aryl methyl sites for hydroxylation is 1. The van der Waals surface area contributed by atoms with Gasteiger partial charge in [0.1, 0.15) is 0 Å². The number of aromatic nitrogens is 1. The Morgan fingerprint density at radius 3 is 3.00 bits per heavy atom. The predicted octanol–water partition coefficient (Wildman–Crippen LogP) is 0.920. The Balaban J connectivity index is 2.20. The van der Waals surface area contributed by atoms with Gasteiger partial charge in [0.25, 0.3) is 0 Å². The smallest absolute Gasteiger partial charge is 0.0798 e. The summed E-state index contributed by atoms with van der Waals surface area (Å²) in [5.74, 6) is 0.720. The highest BCUT2D eigenvalue weighted by atomic mass is 32.2. The molecular weight excluding hydrogens is 204 g/mol. The van der Waals surface area contributed by atoms with E-state index in [2.05, 4.69) is 10.3 Å². The SMILES string of the molecule is Cc1ncsc1CNCCS(C)=O. The molecule has 0 fully saturated rings. The lowest BCUT2D eigenvalue weighted by Gasteiger charge is -2.01. The first kappa shape index (κ1) is 10.8. The molecular formula is C8H14N2OS2. The summed E-state index contributed by atoms with van der Waals surface area (Å²) in [6.07, 6.45) is 1.72. The summed E-state index contributed by atoms with van der Waals surface area (Å²) in [7, 11) is -0.694. The monoisotopic (exact) mass is 218 g/mol. The van der Waals surface area contributed by atoms with Crippen molar-refractivity contribution in [3.8, 4) is 0 Å². The molecule has 1 atom stereocenters. The maximum absolute atomic E-state index is 10.7. The van der Waals surface area contributed by atoms with Crippen LogP contribution in [0.15, 0.2) is 5.51 Å². The molecule has 74 valence electrons. The number of rotatable bonds is 5. The molecule has 0 aromatic carbocycles. The van der Waals surface area contributed by atoms with Gasteiger partial charge in [0.15, 0.2) is 0 Å². The van der Waals surface area contributed by atoms with Crippen molar-refractivity contribution in [3.63, 3.8) is 0 Å². The van der Waals surface area contributed by atoms with Crippen LogP contribution in [0.1, 0.15) is 10.6 Å². The summed E-state index contributed by atoms with van der Waals surface area (Å²) in [6.45, 7) is 3.65. The first-order valence-electron chi connectivity index (χ1n) is 4.10. The molecule has 0 aliphatic heterocycles. The van der Waals surface area contributed by atoms with E-state index in [9.17, 15) is 4.21 Å². The van der Waals surface area contributed by atoms with E-state index >= 15 is 0 Å². The van der Waals surface area contributed by atoms with Gasteiger partial charge in [-0.1, -0.05) is 0 Å². The van der Waals surface area contributed by atoms with Crippen LogP contribution in [-0.4, -0.2) is 27.7 Å². The van der Waals surface area contributed by atoms with Crippen molar-refractivity contribution >= 4 is 22.1 Å². The zero-order chi connectivity index (χ0) is 9.68. The van der Waals surface area contributed by atoms with Crippen molar-refractivity contribution in [2.24, 2.45) is 0 Å². The van der Waals surface area contributed by atoms with Crippen molar-refractivity contribution in [1.29, 1.82) is 0 Å². The summed E-state index contributed by atoms with van der Waals surface area (Å²) in [4.78, 5) is 5.41. The van der Waals surface area contributed by atoms with E-state index in [4.69, 9.17) is 0 Å². The molecule has 1 heterocycles. The van der Waals surface area contributed by atoms with Crippen molar-refractivity contribution in [2.75, 3.05) is 18.6 Å². The molecule has 0 spiro atoms. The molecule has 3 nitrogen and oxygen atoms in total. The first-order valence-corrected chi connectivity index (χ1v) is 6.70. The van der Waals surface area contributed by atoms with Gasteiger partial charge in [-0.3, -0.25) is 4.21 Å². The van der Waals surface area contributed by atoms with E-state index in [-0.39, 0.29) is 0 Å². The zero-order valence-electron chi connectivity index (χ0n) is 7.87. The van der Waals surface area contributed by atoms with Crippen LogP contribution in [0.5, 0.6) is 0 Å². The average Bonchev–Trinajstić information content (AvgIpc) is 2.45. The summed E-state index contributed by atoms with van der Waals surface area (Å²) in [6, 6.07) is 0. The van der Waals surface area contributed by atoms with Crippen LogP contribution in [0.2, 0.25) is 0 Å². The minimum absolute atomic E-state index is 0.694. The molecule has 0 aliphatic carbocycles. The molecule has 13 heavy (non-hydrogen) atoms. The lowest BCUT2D eigenvalue weighted by Crippen LogP contribution is -2.19. The van der Waals surface area contributed by atoms with Crippen molar-refractivity contribution in [2.45, 2.75) is 13.5 Å². The summed E-state index contributed by atoms with van der Waals surface area (Å²) >= 11 is 1.66. The lowest BCUT2D eigenvalue weighted by atomic mass is 10.4. The molecule has 1 rings (SSSR count). The second-order valence-electron chi connectivity index (χ2n) is 2.82. The molecule has 1 aromatic heterocycles. The van der Waals surface area contributed by atoms with Gasteiger partial charge in [-0.25, -0.2) is 4.98 Å². The Bertz CT molecular complexity index is 285. The van der Waals surface area contributed by atoms with Gasteiger partial charge in [0.05, 0.1) is 11.2 Å². The minimum Gasteiger partial charge on any atom is -0.311 e. The number of nitrogens with zero attached hydrogens (tertiary/aromatic N) is 1. The molecule has 0 aliphatic rings. The Kier molecular flexibility index (Phi) is 4.55. The number of nitrogens with one attached hydrogen (secondary N) is 1. The average molecular weight is 218 g/mol. The summed E-state index contributed by atoms with van der Waals surface area (Å²) in [5.41, 5.74) is 2.94. The third-order valence-corrected chi connectivity index (χ3v) is 3.41. The molecule has 0 saturated heterocycles. The van der Waals surface area contributed by atoms with E-state index in [0.717, 1.165) is 24.5 Å². The molecule has 1 N–H and O–H groups in total. The maximum Gasteiger partial charge on any atom is 0.0798 e. The van der Waals surface area contributed by atoms with Gasteiger partial charge in [-0.05, 0) is 6.92 Å². The van der Waals surface area contributed by atoms with E-state index in [1.165, 1.54) is 4.88 Å². The fourth-order valence-corrected chi connectivity index (χ4v) is 2.09. The van der Waals surface area contributed by atoms with Crippen LogP contribution in [0.4, 0.5) is 0 Å². The van der Waals surface area contributed by atoms with Crippen LogP contribution in [0, 0.1) is 6.92 Å². The molecule has 0 radical (unpaired) electrons. The molecule has 0 amide bonds. The largest absolute Gasteiger partial charge is 0.311 e. The number of thiazole rings is 1. The predicted molar refractivity (Wildman–Crippen MR) is 57.5 cm³/mol. The summed E-state index contributed by atoms with van der Waals surface area (Å²) in [5, 5.41) is 3.24. The standard InChI is InChI=1S/C8H14N2OS2/c1-7-8(12-6-10-7)5-9-3-4-13(2)11/h6,9H,3-5H2,1-2H3. The first-order chi connectivity index (χ1) is 6.20. The van der Waals surface area contributed by atoms with Crippen molar-refractivity contribution < 1.29 is 4.21 Å². The Labute approximate surface area is 85.0 Å². The number of hydrogen-bond acceptors (Lipinski definition) is 4. The van der Waals surface area contributed by atoms with Gasteiger partial charge in [0.2, 0.25) is 0 Å². The maximum atomic E-state index is 10.7. The van der Waals surface area contributed by atoms with Crippen molar-refractivity contribution in [3.05, 3.63) is 16.1 Å². The minimum atomic E-state index is -0.694. The van der Waals surface area contributed by atoms with Gasteiger partial charge < -0.3 is 5.32 Å². The Hall–Kier alpha value is -0.260. The molecule has 1 aromatic rings. The third-order valence-electron chi connectivity index (χ3n) is 1.70. The zero-order valence-corrected chi connectivity index (χ0v) is 9.50. The van der Waals surface area contributed by atoms with Crippen LogP contribution in [0.3, 0.4) is 0 Å². The lowest BCUT2D eigenvalue weighted by molar-refractivity contribution is 0.677. The number of hydrogen-bond donors (Lipinski definition) is 1. The fraction of sp³-hybridized carbons (Fsp3) is 0.625. The molecule has 0 saturated carbocycles. The highest BCUT2D eigenvalue weighted by Crippen LogP contribution is 2.10. The highest BCUT2D eigenvalue weighted by molar-refractivity contribution is 7.84. The second kappa shape index (κ2) is 5.47. The van der Waals surface area contributed by atoms with E-state index in [1.807, 2.05) is 12.4 Å². The molecule has 5 heteroatoms. The molecule has 0 bridgehead atoms. The van der Waals surface area contributed by atoms with Gasteiger partial charge in [-0.2, -0.15) is 0 Å². The Morgan fingerprint density at radius 2 is 2.46 bits per heavy atom. The van der Waals surface area contributed by atoms with E-state index < -0.39 is 10.8 Å². The van der Waals surface area contributed by atoms with Gasteiger partial charge in [-0.15, -0.1) is 11.3 Å². The Morgan fingerprint density at radius 1 is 1.69 bits per heavy atom. The topological polar surface area (TPSA) is 42.0 Å². The quantitative estimate of drug-likeness (QED) is 0.747. The van der Waals surface area contributed by atoms with Crippen LogP contribution in [0.25, 0.3) is 0 Å².